The van der Waals surface area contributed by atoms with E-state index in [1.54, 1.807) is 12.3 Å². The first kappa shape index (κ1) is 44.8. The van der Waals surface area contributed by atoms with Gasteiger partial charge in [-0.25, -0.2) is 9.59 Å². The minimum atomic E-state index is -3.83. The molecule has 22 heteroatoms. The van der Waals surface area contributed by atoms with Crippen molar-refractivity contribution < 1.29 is 94.2 Å². The number of carboxylic acid groups (broad SMARTS) is 1. The number of carbonyl (C=O) groups excluding carboxylic acids is 1. The monoisotopic (exact) mass is 896 g/mol. The van der Waals surface area contributed by atoms with Crippen molar-refractivity contribution in [1.29, 1.82) is 0 Å². The predicted octanol–water partition coefficient (Wildman–Crippen LogP) is -2.44. The molecule has 0 saturated carbocycles. The second-order valence-corrected chi connectivity index (χ2v) is 16.2. The van der Waals surface area contributed by atoms with Crippen LogP contribution in [0.4, 0.5) is 0 Å². The second-order valence-electron chi connectivity index (χ2n) is 16.2. The van der Waals surface area contributed by atoms with Crippen LogP contribution in [-0.4, -0.2) is 146 Å². The smallest absolute Gasteiger partial charge is 0.354 e. The number of nitrogens with one attached hydrogen (secondary N) is 1. The number of fused-ring (bicyclic) bond motifs is 4. The standard InChI is InChI=1S/C42H44N2O20/c1-2-16-10-19(15-44-35(16)43)20-4-8-41(62-25-14-24-27(29(49)26(20)25)21(46)13-23(60-24)18-11-17(5-9-45)28(48)22(47)12-18)33(53)30(50)32(52)39(64-41)6-3-7-40(37(55)56)42(58,59)34(54)31(51)36(63-40)61-38(39)57/h10-15,20,30-36,44-45,47-54,58-59H,2,4-6,8-9,43H2,1H3,(H,55,56). The van der Waals surface area contributed by atoms with Gasteiger partial charge in [-0.05, 0) is 48.5 Å². The fourth-order valence-corrected chi connectivity index (χ4v) is 8.91. The van der Waals surface area contributed by atoms with Gasteiger partial charge in [0, 0.05) is 54.0 Å². The van der Waals surface area contributed by atoms with E-state index >= 15 is 0 Å². The van der Waals surface area contributed by atoms with E-state index in [1.165, 1.54) is 6.07 Å². The zero-order valence-electron chi connectivity index (χ0n) is 33.5. The molecule has 15 N–H and O–H groups in total. The highest BCUT2D eigenvalue weighted by Crippen LogP contribution is 2.54. The van der Waals surface area contributed by atoms with Crippen LogP contribution in [-0.2, 0) is 30.2 Å². The first-order valence-electron chi connectivity index (χ1n) is 20.0. The summed E-state index contributed by atoms with van der Waals surface area (Å²) in [7, 11) is 0. The Labute approximate surface area is 360 Å². The SMILES string of the molecule is CCC1=CC(C2CCC3(Oc4cc5oc(-c6cc(O)c(O)c(CCO)c6)cc(=O)c5c(O)c42)OC2(CC#CC4(C(=O)O)OC(OC2=O)C(O)C(O)C4(O)O)C(O)C(O)C3O)=CNC1N. The average Bonchev–Trinajstić information content (AvgIpc) is 3.37. The van der Waals surface area contributed by atoms with Crippen molar-refractivity contribution in [2.75, 3.05) is 6.61 Å². The maximum Gasteiger partial charge on any atom is 0.354 e. The van der Waals surface area contributed by atoms with Crippen molar-refractivity contribution in [2.24, 2.45) is 5.73 Å². The van der Waals surface area contributed by atoms with Gasteiger partial charge in [0.15, 0.2) is 16.9 Å². The van der Waals surface area contributed by atoms with E-state index in [-0.39, 0.29) is 52.0 Å². The maximum atomic E-state index is 14.3. The summed E-state index contributed by atoms with van der Waals surface area (Å²) in [5, 5.41) is 133. The third kappa shape index (κ3) is 6.59. The summed E-state index contributed by atoms with van der Waals surface area (Å²) in [6.45, 7) is 1.43. The van der Waals surface area contributed by atoms with E-state index in [4.69, 9.17) is 29.1 Å². The topological polar surface area (TPSA) is 382 Å². The Bertz CT molecular complexity index is 2630. The minimum absolute atomic E-state index is 0.0646. The molecular formula is C42H44N2O20. The number of rotatable bonds is 6. The molecule has 6 heterocycles. The molecule has 2 saturated heterocycles. The van der Waals surface area contributed by atoms with Gasteiger partial charge in [-0.3, -0.25) is 4.79 Å². The Balaban J connectivity index is 1.32. The number of benzene rings is 2. The van der Waals surface area contributed by atoms with Crippen LogP contribution in [0.15, 0.2) is 56.9 Å². The minimum Gasteiger partial charge on any atom is -0.507 e. The van der Waals surface area contributed by atoms with Gasteiger partial charge in [0.2, 0.25) is 23.5 Å². The molecule has 2 bridgehead atoms. The number of phenols is 3. The Morgan fingerprint density at radius 2 is 1.72 bits per heavy atom. The summed E-state index contributed by atoms with van der Waals surface area (Å²) in [6, 6.07) is 4.60. The molecule has 342 valence electrons. The van der Waals surface area contributed by atoms with Crippen molar-refractivity contribution in [3.8, 4) is 46.2 Å². The van der Waals surface area contributed by atoms with E-state index in [9.17, 15) is 75.7 Å². The third-order valence-electron chi connectivity index (χ3n) is 12.5. The Kier molecular flexibility index (Phi) is 11.0. The van der Waals surface area contributed by atoms with Crippen LogP contribution < -0.4 is 21.2 Å². The van der Waals surface area contributed by atoms with Gasteiger partial charge in [0.05, 0.1) is 12.6 Å². The fourth-order valence-electron chi connectivity index (χ4n) is 8.91. The number of esters is 1. The van der Waals surface area contributed by atoms with Crippen LogP contribution in [0.2, 0.25) is 0 Å². The lowest BCUT2D eigenvalue weighted by molar-refractivity contribution is -0.396. The zero-order chi connectivity index (χ0) is 46.4. The number of aliphatic carboxylic acids is 1. The van der Waals surface area contributed by atoms with Gasteiger partial charge in [0.25, 0.3) is 5.60 Å². The van der Waals surface area contributed by atoms with Gasteiger partial charge in [-0.2, -0.15) is 0 Å². The highest BCUT2D eigenvalue weighted by atomic mass is 16.8. The first-order chi connectivity index (χ1) is 30.2. The van der Waals surface area contributed by atoms with Crippen LogP contribution in [0.25, 0.3) is 22.3 Å². The summed E-state index contributed by atoms with van der Waals surface area (Å²) in [4.78, 5) is 40.8. The largest absolute Gasteiger partial charge is 0.507 e. The summed E-state index contributed by atoms with van der Waals surface area (Å²) < 4.78 is 29.3. The number of ether oxygens (including phenoxy) is 4. The molecule has 2 spiro atoms. The Hall–Kier alpha value is -5.81. The second kappa shape index (κ2) is 15.7. The van der Waals surface area contributed by atoms with Crippen LogP contribution in [0.5, 0.6) is 23.0 Å². The van der Waals surface area contributed by atoms with E-state index in [2.05, 4.69) is 11.2 Å². The number of nitrogens with two attached hydrogens (primary N) is 1. The molecular weight excluding hydrogens is 852 g/mol. The van der Waals surface area contributed by atoms with Crippen LogP contribution >= 0.6 is 0 Å². The zero-order valence-corrected chi connectivity index (χ0v) is 33.5. The summed E-state index contributed by atoms with van der Waals surface area (Å²) in [5.41, 5.74) is -0.107. The molecule has 0 radical (unpaired) electrons. The van der Waals surface area contributed by atoms with Crippen molar-refractivity contribution in [1.82, 2.24) is 5.32 Å². The van der Waals surface area contributed by atoms with Gasteiger partial charge < -0.3 is 95.7 Å². The van der Waals surface area contributed by atoms with Crippen molar-refractivity contribution in [3.05, 3.63) is 69.0 Å². The molecule has 3 aromatic rings. The molecule has 5 aliphatic rings. The Morgan fingerprint density at radius 1 is 0.984 bits per heavy atom. The highest BCUT2D eigenvalue weighted by molar-refractivity contribution is 5.89. The number of hydrogen-bond acceptors (Lipinski definition) is 21. The van der Waals surface area contributed by atoms with Crippen LogP contribution in [0.1, 0.15) is 49.7 Å². The van der Waals surface area contributed by atoms with Crippen molar-refractivity contribution in [3.63, 3.8) is 0 Å². The number of dihydropyridines is 1. The number of carbonyl (C=O) groups is 2. The third-order valence-corrected chi connectivity index (χ3v) is 12.5. The number of phenolic OH excluding ortho intramolecular Hbond substituents is 3. The average molecular weight is 897 g/mol. The lowest BCUT2D eigenvalue weighted by atomic mass is 9.78. The molecule has 0 aliphatic carbocycles. The normalized spacial score (nSPS) is 34.3. The molecule has 2 fully saturated rings. The first-order valence-corrected chi connectivity index (χ1v) is 20.0. The fraction of sp³-hybridized carbons (Fsp3) is 0.452. The lowest BCUT2D eigenvalue weighted by Gasteiger charge is -2.52. The van der Waals surface area contributed by atoms with Gasteiger partial charge in [0.1, 0.15) is 58.7 Å². The molecule has 11 unspecified atom stereocenters. The molecule has 22 nitrogen and oxygen atoms in total. The molecule has 11 atom stereocenters. The van der Waals surface area contributed by atoms with E-state index in [0.717, 1.165) is 18.2 Å². The summed E-state index contributed by atoms with van der Waals surface area (Å²) in [6.07, 6.45) is -13.8. The number of hydrogen-bond donors (Lipinski definition) is 14. The highest BCUT2D eigenvalue weighted by Gasteiger charge is 2.71. The van der Waals surface area contributed by atoms with Crippen LogP contribution in [0.3, 0.4) is 0 Å². The molecule has 1 aromatic heterocycles. The Morgan fingerprint density at radius 3 is 2.41 bits per heavy atom. The molecule has 0 amide bonds. The predicted molar refractivity (Wildman–Crippen MR) is 211 cm³/mol. The maximum absolute atomic E-state index is 14.3. The quantitative estimate of drug-likeness (QED) is 0.0529. The van der Waals surface area contributed by atoms with Crippen molar-refractivity contribution in [2.45, 2.75) is 111 Å². The number of carboxylic acids is 1. The van der Waals surface area contributed by atoms with Gasteiger partial charge in [-0.15, -0.1) is 0 Å². The molecule has 64 heavy (non-hydrogen) atoms. The number of aliphatic hydroxyl groups is 8. The molecule has 8 rings (SSSR count). The number of aliphatic hydroxyl groups excluding tert-OH is 6. The lowest BCUT2D eigenvalue weighted by Crippen LogP contribution is -2.76. The summed E-state index contributed by atoms with van der Waals surface area (Å²) >= 11 is 0. The van der Waals surface area contributed by atoms with Gasteiger partial charge >= 0.3 is 11.9 Å². The van der Waals surface area contributed by atoms with Crippen LogP contribution in [0, 0.1) is 11.8 Å². The van der Waals surface area contributed by atoms with Crippen molar-refractivity contribution >= 4 is 22.9 Å². The molecule has 2 aromatic carbocycles. The summed E-state index contributed by atoms with van der Waals surface area (Å²) in [5.74, 6) is -9.64. The van der Waals surface area contributed by atoms with E-state index in [1.807, 2.05) is 12.8 Å². The van der Waals surface area contributed by atoms with E-state index in [0.29, 0.717) is 17.6 Å². The number of allylic oxidation sites excluding steroid dienone is 2. The number of aromatic hydroxyl groups is 3. The molecule has 5 aliphatic heterocycles. The van der Waals surface area contributed by atoms with Gasteiger partial charge in [-0.1, -0.05) is 18.9 Å². The van der Waals surface area contributed by atoms with E-state index < -0.39 is 126 Å².